The van der Waals surface area contributed by atoms with Crippen molar-refractivity contribution >= 4 is 62.8 Å². The molecule has 0 amide bonds. The van der Waals surface area contributed by atoms with Crippen molar-refractivity contribution in [2.75, 3.05) is 24.7 Å². The van der Waals surface area contributed by atoms with Crippen molar-refractivity contribution in [2.24, 2.45) is 35.5 Å². The van der Waals surface area contributed by atoms with Gasteiger partial charge in [0.05, 0.1) is 53.4 Å². The lowest BCUT2D eigenvalue weighted by Gasteiger charge is -2.36. The summed E-state index contributed by atoms with van der Waals surface area (Å²) in [7, 11) is 29.1. The third kappa shape index (κ3) is 7.87. The molecule has 56 heavy (non-hydrogen) atoms. The van der Waals surface area contributed by atoms with Gasteiger partial charge in [-0.2, -0.15) is 23.5 Å². The lowest BCUT2D eigenvalue weighted by atomic mass is 9.81. The Morgan fingerprint density at radius 2 is 0.875 bits per heavy atom. The van der Waals surface area contributed by atoms with E-state index in [2.05, 4.69) is 69.2 Å². The monoisotopic (exact) mass is 804 g/mol. The largest absolute Gasteiger partial charge is 0.381 e. The van der Waals surface area contributed by atoms with E-state index in [1.165, 1.54) is 25.0 Å². The summed E-state index contributed by atoms with van der Waals surface area (Å²) in [5.41, 5.74) is 0.266. The van der Waals surface area contributed by atoms with E-state index < -0.39 is 0 Å². The summed E-state index contributed by atoms with van der Waals surface area (Å²) >= 11 is 3.97. The third-order valence-electron chi connectivity index (χ3n) is 16.6. The van der Waals surface area contributed by atoms with Gasteiger partial charge in [0.25, 0.3) is 0 Å². The Labute approximate surface area is 355 Å². The highest BCUT2D eigenvalue weighted by Crippen LogP contribution is 2.54. The standard InChI is InChI=1S/C9H15BOS.C9H15BO.2C8H13BO2.C8H13BOS/c1-3-9-4-5-12-7(6(9)2)8(10)11-9;1-3-9-5-4-7(6(9)2)8(10)11-9;2*1-3-8-4-10-6(5(8)2)7(9)11-8;1-3-8-4-11-6(5(8)2)7(9)10-8/h6-8H,3-5H2,1-2H3;6-8H,3-5H2,1-2H3;3*5-7H,3-4H2,1-2H3/t2*6-,7?,8-,9+;5-,6?,7+,8+;2*5-,6?,7-,8+/m11011/s1. The Balaban J connectivity index is 0.000000119. The normalized spacial score (nSPS) is 54.7. The van der Waals surface area contributed by atoms with Crippen LogP contribution in [0.5, 0.6) is 0 Å². The zero-order valence-corrected chi connectivity index (χ0v) is 37.8. The van der Waals surface area contributed by atoms with Crippen LogP contribution in [0.25, 0.3) is 0 Å². The zero-order chi connectivity index (χ0) is 41.0. The van der Waals surface area contributed by atoms with Gasteiger partial charge in [0.1, 0.15) is 39.2 Å². The van der Waals surface area contributed by atoms with Gasteiger partial charge in [-0.1, -0.05) is 69.2 Å². The molecular weight excluding hydrogens is 735 g/mol. The SMILES string of the molecule is [B][C@@H]1O[C@@]2(CC)CCC1[C@H]2C.[B][C@@H]1O[C@@]2(CC)CCSC1[C@H]2C.[B][C@@H]1O[C@@]2(CC)COC1[C@H]2C.[B][C@@H]1O[C@@]2(CC)CSC1[C@H]2C.[B][C@@H]1O[C@]2(CC)COC1[C@@H]2C. The van der Waals surface area contributed by atoms with Crippen molar-refractivity contribution < 1.29 is 33.2 Å². The summed E-state index contributed by atoms with van der Waals surface area (Å²) in [6.45, 7) is 23.5. The predicted octanol–water partition coefficient (Wildman–Crippen LogP) is 6.31. The first kappa shape index (κ1) is 46.3. The predicted molar refractivity (Wildman–Crippen MR) is 233 cm³/mol. The fraction of sp³-hybridized carbons (Fsp3) is 1.00. The van der Waals surface area contributed by atoms with E-state index in [9.17, 15) is 0 Å². The fourth-order valence-electron chi connectivity index (χ4n) is 11.9. The summed E-state index contributed by atoms with van der Waals surface area (Å²) in [4.78, 5) is 0. The molecule has 7 nitrogen and oxygen atoms in total. The average molecular weight is 804 g/mol. The van der Waals surface area contributed by atoms with Gasteiger partial charge in [0.15, 0.2) is 0 Å². The summed E-state index contributed by atoms with van der Waals surface area (Å²) in [6, 6.07) is -0.396. The van der Waals surface area contributed by atoms with Gasteiger partial charge in [-0.3, -0.25) is 0 Å². The lowest BCUT2D eigenvalue weighted by molar-refractivity contribution is -0.115. The Morgan fingerprint density at radius 1 is 0.464 bits per heavy atom. The molecule has 5 unspecified atom stereocenters. The molecule has 10 radical (unpaired) electrons. The number of hydrogen-bond acceptors (Lipinski definition) is 9. The maximum absolute atomic E-state index is 5.93. The summed E-state index contributed by atoms with van der Waals surface area (Å²) < 4.78 is 39.8. The van der Waals surface area contributed by atoms with Crippen LogP contribution in [-0.4, -0.2) is 145 Å². The molecule has 306 valence electrons. The molecule has 10 aliphatic rings. The molecule has 9 aliphatic heterocycles. The second kappa shape index (κ2) is 17.8. The zero-order valence-electron chi connectivity index (χ0n) is 36.2. The molecule has 1 saturated carbocycles. The van der Waals surface area contributed by atoms with Gasteiger partial charge >= 0.3 is 0 Å². The smallest absolute Gasteiger partial charge is 0.112 e. The van der Waals surface area contributed by atoms with Gasteiger partial charge in [-0.25, -0.2) is 0 Å². The van der Waals surface area contributed by atoms with Crippen LogP contribution in [0.1, 0.15) is 121 Å². The lowest BCUT2D eigenvalue weighted by Crippen LogP contribution is -2.38. The highest BCUT2D eigenvalue weighted by Gasteiger charge is 2.58. The second-order valence-electron chi connectivity index (χ2n) is 18.6. The van der Waals surface area contributed by atoms with Crippen molar-refractivity contribution in [1.29, 1.82) is 0 Å². The van der Waals surface area contributed by atoms with E-state index in [-0.39, 0.29) is 70.2 Å². The topological polar surface area (TPSA) is 64.6 Å². The fourth-order valence-corrected chi connectivity index (χ4v) is 15.2. The number of rotatable bonds is 5. The molecule has 0 spiro atoms. The van der Waals surface area contributed by atoms with Crippen LogP contribution < -0.4 is 0 Å². The number of thioether (sulfide) groups is 2. The van der Waals surface area contributed by atoms with Crippen LogP contribution in [0.15, 0.2) is 0 Å². The molecular formula is C42H69B5O7S2. The van der Waals surface area contributed by atoms with E-state index in [0.29, 0.717) is 46.0 Å². The molecule has 9 saturated heterocycles. The minimum Gasteiger partial charge on any atom is -0.381 e. The van der Waals surface area contributed by atoms with Crippen molar-refractivity contribution in [3.8, 4) is 0 Å². The van der Waals surface area contributed by atoms with Crippen LogP contribution in [-0.2, 0) is 33.2 Å². The van der Waals surface area contributed by atoms with Crippen LogP contribution in [0, 0.1) is 35.5 Å². The van der Waals surface area contributed by atoms with Crippen LogP contribution in [0.3, 0.4) is 0 Å². The number of fused-ring (bicyclic) bond motifs is 10. The molecule has 10 fully saturated rings. The highest BCUT2D eigenvalue weighted by atomic mass is 32.2. The summed E-state index contributed by atoms with van der Waals surface area (Å²) in [6.07, 6.45) is 9.28. The molecule has 10 rings (SSSR count). The van der Waals surface area contributed by atoms with E-state index >= 15 is 0 Å². The van der Waals surface area contributed by atoms with E-state index in [1.54, 1.807) is 0 Å². The second-order valence-corrected chi connectivity index (χ2v) is 21.0. The first-order chi connectivity index (χ1) is 26.5. The van der Waals surface area contributed by atoms with E-state index in [1.807, 2.05) is 23.5 Å². The molecule has 14 heteroatoms. The minimum absolute atomic E-state index is 0.0105. The molecule has 0 aromatic rings. The summed E-state index contributed by atoms with van der Waals surface area (Å²) in [5.74, 6) is 5.88. The van der Waals surface area contributed by atoms with Crippen LogP contribution in [0.2, 0.25) is 0 Å². The molecule has 9 heterocycles. The molecule has 0 N–H and O–H groups in total. The van der Waals surface area contributed by atoms with Crippen LogP contribution >= 0.6 is 23.5 Å². The Kier molecular flexibility index (Phi) is 14.7. The average Bonchev–Trinajstić information content (AvgIpc) is 4.07. The van der Waals surface area contributed by atoms with Crippen molar-refractivity contribution in [3.05, 3.63) is 0 Å². The van der Waals surface area contributed by atoms with Gasteiger partial charge in [0, 0.05) is 58.1 Å². The molecule has 0 aromatic carbocycles. The maximum atomic E-state index is 5.93. The Bertz CT molecular complexity index is 1180. The first-order valence-corrected chi connectivity index (χ1v) is 24.2. The Morgan fingerprint density at radius 3 is 1.14 bits per heavy atom. The van der Waals surface area contributed by atoms with Gasteiger partial charge < -0.3 is 33.2 Å². The van der Waals surface area contributed by atoms with E-state index in [0.717, 1.165) is 51.1 Å². The molecule has 10 bridgehead atoms. The van der Waals surface area contributed by atoms with Gasteiger partial charge in [-0.05, 0) is 80.8 Å². The van der Waals surface area contributed by atoms with Crippen molar-refractivity contribution in [2.45, 2.75) is 201 Å². The number of ether oxygens (including phenoxy) is 7. The minimum atomic E-state index is -0.196. The molecule has 20 atom stereocenters. The Hall–Kier alpha value is 0.745. The molecule has 1 aliphatic carbocycles. The van der Waals surface area contributed by atoms with Crippen molar-refractivity contribution in [3.63, 3.8) is 0 Å². The van der Waals surface area contributed by atoms with Gasteiger partial charge in [0.2, 0.25) is 0 Å². The van der Waals surface area contributed by atoms with Crippen LogP contribution in [0.4, 0.5) is 0 Å². The van der Waals surface area contributed by atoms with Crippen molar-refractivity contribution in [1.82, 2.24) is 0 Å². The first-order valence-electron chi connectivity index (χ1n) is 22.1. The maximum Gasteiger partial charge on any atom is 0.112 e. The van der Waals surface area contributed by atoms with Gasteiger partial charge in [-0.15, -0.1) is 0 Å². The highest BCUT2D eigenvalue weighted by molar-refractivity contribution is 8.00. The third-order valence-corrected chi connectivity index (χ3v) is 19.8. The number of hydrogen-bond donors (Lipinski definition) is 0. The quantitative estimate of drug-likeness (QED) is 0.298. The summed E-state index contributed by atoms with van der Waals surface area (Å²) in [5, 5.41) is 1.09. The van der Waals surface area contributed by atoms with E-state index in [4.69, 9.17) is 72.4 Å². The molecule has 0 aromatic heterocycles.